The molecule has 1 amide bonds. The molecule has 0 bridgehead atoms. The summed E-state index contributed by atoms with van der Waals surface area (Å²) in [6.45, 7) is 0.603. The first kappa shape index (κ1) is 22.7. The van der Waals surface area contributed by atoms with E-state index in [1.807, 2.05) is 0 Å². The maximum absolute atomic E-state index is 13.6. The van der Waals surface area contributed by atoms with Crippen molar-refractivity contribution in [1.29, 1.82) is 0 Å². The van der Waals surface area contributed by atoms with Crippen LogP contribution in [0.2, 0.25) is 5.02 Å². The first-order valence-electron chi connectivity index (χ1n) is 8.86. The second-order valence-electron chi connectivity index (χ2n) is 6.82. The summed E-state index contributed by atoms with van der Waals surface area (Å²) in [7, 11) is 0. The Morgan fingerprint density at radius 1 is 1.29 bits per heavy atom. The summed E-state index contributed by atoms with van der Waals surface area (Å²) in [5.41, 5.74) is 4.53. The Morgan fingerprint density at radius 2 is 2.00 bits per heavy atom. The molecule has 0 radical (unpaired) electrons. The van der Waals surface area contributed by atoms with Crippen LogP contribution in [-0.2, 0) is 5.54 Å². The molecule has 0 aliphatic heterocycles. The minimum Gasteiger partial charge on any atom is -0.482 e. The molecule has 1 aliphatic carbocycles. The van der Waals surface area contributed by atoms with Gasteiger partial charge in [-0.3, -0.25) is 4.79 Å². The van der Waals surface area contributed by atoms with Crippen molar-refractivity contribution in [2.24, 2.45) is 5.73 Å². The van der Waals surface area contributed by atoms with Gasteiger partial charge in [0.2, 0.25) is 5.82 Å². The molecule has 2 aromatic rings. The lowest BCUT2D eigenvalue weighted by Gasteiger charge is -2.33. The maximum Gasteiger partial charge on any atom is 0.457 e. The fourth-order valence-corrected chi connectivity index (χ4v) is 3.21. The van der Waals surface area contributed by atoms with Crippen LogP contribution < -0.4 is 10.5 Å². The third kappa shape index (κ3) is 4.14. The zero-order valence-electron chi connectivity index (χ0n) is 15.9. The zero-order valence-corrected chi connectivity index (χ0v) is 16.7. The Morgan fingerprint density at radius 3 is 2.55 bits per heavy atom. The second-order valence-corrected chi connectivity index (χ2v) is 7.23. The maximum atomic E-state index is 13.6. The number of halogens is 6. The van der Waals surface area contributed by atoms with E-state index in [2.05, 4.69) is 10.1 Å². The van der Waals surface area contributed by atoms with Crippen molar-refractivity contribution >= 4 is 17.5 Å². The predicted molar refractivity (Wildman–Crippen MR) is 101 cm³/mol. The van der Waals surface area contributed by atoms with Crippen LogP contribution in [0.4, 0.5) is 22.0 Å². The van der Waals surface area contributed by atoms with Crippen LogP contribution in [0, 0.1) is 0 Å². The van der Waals surface area contributed by atoms with Gasteiger partial charge in [0, 0.05) is 0 Å². The SMILES string of the molecule is CC(Oc1cc(C2(n3cnc(C(N)=O)n3)C=CC=CC2)ccc1Cl)C(F)(F)C(F)(F)F. The van der Waals surface area contributed by atoms with E-state index in [0.717, 1.165) is 0 Å². The van der Waals surface area contributed by atoms with Crippen LogP contribution in [0.1, 0.15) is 29.5 Å². The number of hydrogen-bond donors (Lipinski definition) is 1. The molecule has 0 spiro atoms. The van der Waals surface area contributed by atoms with Gasteiger partial charge in [-0.25, -0.2) is 9.67 Å². The number of primary amides is 1. The molecule has 1 heterocycles. The van der Waals surface area contributed by atoms with Gasteiger partial charge in [0.25, 0.3) is 5.91 Å². The van der Waals surface area contributed by atoms with Crippen molar-refractivity contribution in [3.05, 3.63) is 65.2 Å². The largest absolute Gasteiger partial charge is 0.482 e. The van der Waals surface area contributed by atoms with E-state index < -0.39 is 29.6 Å². The number of allylic oxidation sites excluding steroid dienone is 4. The van der Waals surface area contributed by atoms with E-state index in [0.29, 0.717) is 18.9 Å². The lowest BCUT2D eigenvalue weighted by Crippen LogP contribution is -2.48. The molecular weight excluding hydrogens is 447 g/mol. The van der Waals surface area contributed by atoms with Gasteiger partial charge in [-0.05, 0) is 31.0 Å². The summed E-state index contributed by atoms with van der Waals surface area (Å²) in [6, 6.07) is 4.10. The molecule has 0 saturated heterocycles. The Kier molecular flexibility index (Phi) is 5.83. The van der Waals surface area contributed by atoms with Gasteiger partial charge >= 0.3 is 12.1 Å². The smallest absolute Gasteiger partial charge is 0.457 e. The summed E-state index contributed by atoms with van der Waals surface area (Å²) in [5, 5.41) is 3.91. The monoisotopic (exact) mass is 462 g/mol. The summed E-state index contributed by atoms with van der Waals surface area (Å²) >= 11 is 6.00. The number of alkyl halides is 5. The minimum absolute atomic E-state index is 0.157. The predicted octanol–water partition coefficient (Wildman–Crippen LogP) is 4.26. The van der Waals surface area contributed by atoms with Crippen molar-refractivity contribution in [3.63, 3.8) is 0 Å². The first-order valence-corrected chi connectivity index (χ1v) is 9.24. The van der Waals surface area contributed by atoms with Crippen LogP contribution >= 0.6 is 11.6 Å². The first-order chi connectivity index (χ1) is 14.4. The summed E-state index contributed by atoms with van der Waals surface area (Å²) in [5.74, 6) is -6.56. The van der Waals surface area contributed by atoms with Crippen LogP contribution in [0.15, 0.2) is 48.8 Å². The lowest BCUT2D eigenvalue weighted by molar-refractivity contribution is -0.306. The molecular formula is C19H16ClF5N4O2. The van der Waals surface area contributed by atoms with Crippen molar-refractivity contribution < 1.29 is 31.5 Å². The standard InChI is InChI=1S/C19H16ClF5N4O2/c1-11(18(21,22)19(23,24)25)31-14-9-12(5-6-13(14)20)17(7-3-2-4-8-17)29-10-27-16(28-29)15(26)30/h2-7,9-11H,8H2,1H3,(H2,26,30). The summed E-state index contributed by atoms with van der Waals surface area (Å²) in [4.78, 5) is 15.2. The molecule has 31 heavy (non-hydrogen) atoms. The van der Waals surface area contributed by atoms with E-state index in [4.69, 9.17) is 22.1 Å². The molecule has 2 N–H and O–H groups in total. The number of carbonyl (C=O) groups is 1. The van der Waals surface area contributed by atoms with Crippen molar-refractivity contribution in [2.45, 2.75) is 37.1 Å². The molecule has 166 valence electrons. The molecule has 3 rings (SSSR count). The fourth-order valence-electron chi connectivity index (χ4n) is 3.05. The Bertz CT molecular complexity index is 1050. The van der Waals surface area contributed by atoms with E-state index in [9.17, 15) is 26.7 Å². The van der Waals surface area contributed by atoms with E-state index in [1.165, 1.54) is 29.2 Å². The van der Waals surface area contributed by atoms with Crippen LogP contribution in [-0.4, -0.2) is 38.9 Å². The number of carbonyl (C=O) groups excluding carboxylic acids is 1. The van der Waals surface area contributed by atoms with Crippen LogP contribution in [0.3, 0.4) is 0 Å². The number of amides is 1. The highest BCUT2D eigenvalue weighted by Crippen LogP contribution is 2.42. The highest BCUT2D eigenvalue weighted by molar-refractivity contribution is 6.32. The number of nitrogens with zero attached hydrogens (tertiary/aromatic N) is 3. The highest BCUT2D eigenvalue weighted by Gasteiger charge is 2.62. The average Bonchev–Trinajstić information content (AvgIpc) is 3.20. The van der Waals surface area contributed by atoms with Crippen LogP contribution in [0.5, 0.6) is 5.75 Å². The molecule has 2 unspecified atom stereocenters. The van der Waals surface area contributed by atoms with Gasteiger partial charge in [0.15, 0.2) is 6.10 Å². The van der Waals surface area contributed by atoms with E-state index in [1.54, 1.807) is 24.3 Å². The Labute approximate surface area is 178 Å². The summed E-state index contributed by atoms with van der Waals surface area (Å²) < 4.78 is 71.6. The lowest BCUT2D eigenvalue weighted by atomic mass is 9.84. The Balaban J connectivity index is 2.04. The molecule has 0 saturated carbocycles. The third-order valence-electron chi connectivity index (χ3n) is 4.79. The molecule has 2 atom stereocenters. The number of benzene rings is 1. The molecule has 1 aromatic carbocycles. The topological polar surface area (TPSA) is 83.0 Å². The molecule has 1 aromatic heterocycles. The van der Waals surface area contributed by atoms with E-state index in [-0.39, 0.29) is 16.6 Å². The zero-order chi connectivity index (χ0) is 23.0. The van der Waals surface area contributed by atoms with Gasteiger partial charge < -0.3 is 10.5 Å². The number of rotatable bonds is 6. The van der Waals surface area contributed by atoms with Crippen LogP contribution in [0.25, 0.3) is 0 Å². The molecule has 1 aliphatic rings. The highest BCUT2D eigenvalue weighted by atomic mass is 35.5. The average molecular weight is 463 g/mol. The van der Waals surface area contributed by atoms with Gasteiger partial charge in [-0.15, -0.1) is 5.10 Å². The molecule has 6 nitrogen and oxygen atoms in total. The third-order valence-corrected chi connectivity index (χ3v) is 5.10. The quantitative estimate of drug-likeness (QED) is 0.650. The van der Waals surface area contributed by atoms with Gasteiger partial charge in [0.1, 0.15) is 17.6 Å². The Hall–Kier alpha value is -2.95. The molecule has 0 fully saturated rings. The summed E-state index contributed by atoms with van der Waals surface area (Å²) in [6.07, 6.45) is 0.161. The van der Waals surface area contributed by atoms with E-state index >= 15 is 0 Å². The van der Waals surface area contributed by atoms with Crippen molar-refractivity contribution in [1.82, 2.24) is 14.8 Å². The fraction of sp³-hybridized carbons (Fsp3) is 0.316. The molecule has 12 heteroatoms. The second kappa shape index (κ2) is 7.95. The van der Waals surface area contributed by atoms with Gasteiger partial charge in [-0.1, -0.05) is 42.0 Å². The van der Waals surface area contributed by atoms with Gasteiger partial charge in [-0.2, -0.15) is 22.0 Å². The minimum atomic E-state index is -5.79. The normalized spacial score (nSPS) is 20.0. The number of nitrogens with two attached hydrogens (primary N) is 1. The number of hydrogen-bond acceptors (Lipinski definition) is 4. The van der Waals surface area contributed by atoms with Gasteiger partial charge in [0.05, 0.1) is 5.02 Å². The number of aromatic nitrogens is 3. The number of ether oxygens (including phenoxy) is 1. The van der Waals surface area contributed by atoms with Crippen molar-refractivity contribution in [3.8, 4) is 5.75 Å². The van der Waals surface area contributed by atoms with Crippen molar-refractivity contribution in [2.75, 3.05) is 0 Å².